The van der Waals surface area contributed by atoms with E-state index in [0.29, 0.717) is 0 Å². The zero-order chi connectivity index (χ0) is 11.1. The fourth-order valence-electron chi connectivity index (χ4n) is 2.96. The largest absolute Gasteiger partial charge is 0.481 e. The minimum Gasteiger partial charge on any atom is -0.481 e. The van der Waals surface area contributed by atoms with Gasteiger partial charge in [0.15, 0.2) is 0 Å². The van der Waals surface area contributed by atoms with Gasteiger partial charge in [0, 0.05) is 24.2 Å². The van der Waals surface area contributed by atoms with Gasteiger partial charge in [0.1, 0.15) is 0 Å². The molecule has 3 heteroatoms. The zero-order valence-corrected chi connectivity index (χ0v) is 9.49. The van der Waals surface area contributed by atoms with E-state index in [2.05, 4.69) is 24.8 Å². The van der Waals surface area contributed by atoms with Crippen LogP contribution in [0.1, 0.15) is 33.1 Å². The molecule has 0 radical (unpaired) electrons. The highest BCUT2D eigenvalue weighted by Gasteiger charge is 2.41. The van der Waals surface area contributed by atoms with E-state index >= 15 is 0 Å². The van der Waals surface area contributed by atoms with Gasteiger partial charge in [0.2, 0.25) is 0 Å². The number of nitrogens with zero attached hydrogens (tertiary/aromatic N) is 1. The smallest absolute Gasteiger partial charge is 0.312 e. The molecule has 2 aliphatic heterocycles. The third-order valence-corrected chi connectivity index (χ3v) is 3.58. The first-order chi connectivity index (χ1) is 7.06. The molecule has 0 aromatic carbocycles. The Balaban J connectivity index is 2.19. The molecule has 0 aromatic rings. The zero-order valence-electron chi connectivity index (χ0n) is 9.49. The van der Waals surface area contributed by atoms with Crippen molar-refractivity contribution in [1.82, 2.24) is 4.90 Å². The van der Waals surface area contributed by atoms with Gasteiger partial charge in [0.25, 0.3) is 0 Å². The number of carboxylic acids is 1. The Labute approximate surface area is 90.8 Å². The normalized spacial score (nSPS) is 34.1. The van der Waals surface area contributed by atoms with Gasteiger partial charge in [-0.15, -0.1) is 0 Å². The summed E-state index contributed by atoms with van der Waals surface area (Å²) < 4.78 is 0. The van der Waals surface area contributed by atoms with Gasteiger partial charge in [0.05, 0.1) is 5.92 Å². The van der Waals surface area contributed by atoms with Crippen molar-refractivity contribution in [2.45, 2.75) is 33.1 Å². The number of hydrogen-bond donors (Lipinski definition) is 1. The molecule has 2 heterocycles. The summed E-state index contributed by atoms with van der Waals surface area (Å²) in [6, 6.07) is 0. The first kappa shape index (κ1) is 10.5. The van der Waals surface area contributed by atoms with Crippen LogP contribution in [0.25, 0.3) is 0 Å². The van der Waals surface area contributed by atoms with Gasteiger partial charge in [-0.2, -0.15) is 0 Å². The van der Waals surface area contributed by atoms with E-state index in [1.165, 1.54) is 0 Å². The molecule has 2 aliphatic rings. The molecule has 0 aliphatic carbocycles. The molecule has 0 amide bonds. The lowest BCUT2D eigenvalue weighted by Crippen LogP contribution is -2.25. The first-order valence-electron chi connectivity index (χ1n) is 5.76. The number of fused-ring (bicyclic) bond motifs is 1. The van der Waals surface area contributed by atoms with Crippen molar-refractivity contribution < 1.29 is 9.90 Å². The summed E-state index contributed by atoms with van der Waals surface area (Å²) in [5, 5.41) is 9.09. The van der Waals surface area contributed by atoms with Gasteiger partial charge >= 0.3 is 5.97 Å². The van der Waals surface area contributed by atoms with E-state index in [-0.39, 0.29) is 11.3 Å². The topological polar surface area (TPSA) is 40.5 Å². The van der Waals surface area contributed by atoms with Crippen LogP contribution >= 0.6 is 0 Å². The van der Waals surface area contributed by atoms with Crippen molar-refractivity contribution in [2.75, 3.05) is 13.1 Å². The van der Waals surface area contributed by atoms with Crippen LogP contribution in [-0.4, -0.2) is 29.1 Å². The molecule has 0 saturated carbocycles. The lowest BCUT2D eigenvalue weighted by Gasteiger charge is -2.24. The second kappa shape index (κ2) is 3.54. The summed E-state index contributed by atoms with van der Waals surface area (Å²) in [4.78, 5) is 13.3. The monoisotopic (exact) mass is 209 g/mol. The molecule has 2 rings (SSSR count). The van der Waals surface area contributed by atoms with Gasteiger partial charge in [-0.05, 0) is 12.8 Å². The second-order valence-corrected chi connectivity index (χ2v) is 5.07. The van der Waals surface area contributed by atoms with E-state index in [9.17, 15) is 4.79 Å². The minimum absolute atomic E-state index is 0.207. The summed E-state index contributed by atoms with van der Waals surface area (Å²) in [5.41, 5.74) is 1.27. The lowest BCUT2D eigenvalue weighted by molar-refractivity contribution is -0.140. The predicted octanol–water partition coefficient (Wildman–Crippen LogP) is 2.10. The van der Waals surface area contributed by atoms with Crippen LogP contribution in [-0.2, 0) is 4.79 Å². The Bertz CT molecular complexity index is 311. The molecule has 84 valence electrons. The molecule has 0 bridgehead atoms. The predicted molar refractivity (Wildman–Crippen MR) is 58.4 cm³/mol. The van der Waals surface area contributed by atoms with E-state index < -0.39 is 5.97 Å². The number of rotatable bonds is 3. The quantitative estimate of drug-likeness (QED) is 0.773. The Kier molecular flexibility index (Phi) is 2.49. The molecular weight excluding hydrogens is 190 g/mol. The van der Waals surface area contributed by atoms with Gasteiger partial charge in [-0.25, -0.2) is 0 Å². The molecular formula is C12H19NO2. The molecule has 1 fully saturated rings. The molecule has 2 atom stereocenters. The molecule has 15 heavy (non-hydrogen) atoms. The first-order valence-corrected chi connectivity index (χ1v) is 5.76. The van der Waals surface area contributed by atoms with Crippen LogP contribution in [0.3, 0.4) is 0 Å². The maximum absolute atomic E-state index is 11.0. The number of hydrogen-bond acceptors (Lipinski definition) is 2. The molecule has 2 unspecified atom stereocenters. The fraction of sp³-hybridized carbons (Fsp3) is 0.750. The third kappa shape index (κ3) is 1.75. The highest BCUT2D eigenvalue weighted by atomic mass is 16.4. The fourth-order valence-corrected chi connectivity index (χ4v) is 2.96. The maximum Gasteiger partial charge on any atom is 0.312 e. The Morgan fingerprint density at radius 3 is 3.07 bits per heavy atom. The molecule has 1 saturated heterocycles. The summed E-state index contributed by atoms with van der Waals surface area (Å²) in [5.74, 6) is -0.909. The van der Waals surface area contributed by atoms with Crippen molar-refractivity contribution in [1.29, 1.82) is 0 Å². The van der Waals surface area contributed by atoms with E-state index in [4.69, 9.17) is 5.11 Å². The summed E-state index contributed by atoms with van der Waals surface area (Å²) >= 11 is 0. The van der Waals surface area contributed by atoms with Crippen LogP contribution in [0.2, 0.25) is 0 Å². The number of aliphatic carboxylic acids is 1. The molecule has 1 N–H and O–H groups in total. The second-order valence-electron chi connectivity index (χ2n) is 5.07. The van der Waals surface area contributed by atoms with Crippen molar-refractivity contribution in [3.8, 4) is 0 Å². The van der Waals surface area contributed by atoms with Gasteiger partial charge in [-0.1, -0.05) is 26.3 Å². The van der Waals surface area contributed by atoms with Crippen LogP contribution in [0.4, 0.5) is 0 Å². The highest BCUT2D eigenvalue weighted by Crippen LogP contribution is 2.42. The van der Waals surface area contributed by atoms with E-state index in [0.717, 1.165) is 38.0 Å². The minimum atomic E-state index is -0.663. The number of carboxylic acid groups (broad SMARTS) is 1. The van der Waals surface area contributed by atoms with Crippen LogP contribution in [0.5, 0.6) is 0 Å². The summed E-state index contributed by atoms with van der Waals surface area (Å²) in [7, 11) is 0. The Morgan fingerprint density at radius 2 is 2.47 bits per heavy atom. The van der Waals surface area contributed by atoms with Crippen LogP contribution in [0, 0.1) is 11.3 Å². The van der Waals surface area contributed by atoms with Gasteiger partial charge in [-0.3, -0.25) is 4.79 Å². The average Bonchev–Trinajstić information content (AvgIpc) is 2.60. The van der Waals surface area contributed by atoms with Crippen LogP contribution in [0.15, 0.2) is 11.8 Å². The summed E-state index contributed by atoms with van der Waals surface area (Å²) in [6.45, 7) is 6.35. The SMILES string of the molecule is CCCC1(C)C=C2C(C(=O)O)CCN2C1. The van der Waals surface area contributed by atoms with Crippen molar-refractivity contribution in [3.05, 3.63) is 11.8 Å². The van der Waals surface area contributed by atoms with Crippen LogP contribution < -0.4 is 0 Å². The van der Waals surface area contributed by atoms with Gasteiger partial charge < -0.3 is 10.0 Å². The van der Waals surface area contributed by atoms with Crippen molar-refractivity contribution in [3.63, 3.8) is 0 Å². The lowest BCUT2D eigenvalue weighted by atomic mass is 9.85. The highest BCUT2D eigenvalue weighted by molar-refractivity contribution is 5.74. The standard InChI is InChI=1S/C12H19NO2/c1-3-5-12(2)7-10-9(11(14)15)4-6-13(10)8-12/h7,9H,3-6,8H2,1-2H3,(H,14,15). The average molecular weight is 209 g/mol. The van der Waals surface area contributed by atoms with E-state index in [1.807, 2.05) is 0 Å². The van der Waals surface area contributed by atoms with E-state index in [1.54, 1.807) is 0 Å². The third-order valence-electron chi connectivity index (χ3n) is 3.58. The molecule has 0 aromatic heterocycles. The maximum atomic E-state index is 11.0. The Hall–Kier alpha value is -0.990. The Morgan fingerprint density at radius 1 is 1.73 bits per heavy atom. The molecule has 3 nitrogen and oxygen atoms in total. The van der Waals surface area contributed by atoms with Crippen molar-refractivity contribution >= 4 is 5.97 Å². The summed E-state index contributed by atoms with van der Waals surface area (Å²) in [6.07, 6.45) is 5.30. The molecule has 0 spiro atoms. The van der Waals surface area contributed by atoms with Crippen molar-refractivity contribution in [2.24, 2.45) is 11.3 Å². The number of carbonyl (C=O) groups is 1.